The van der Waals surface area contributed by atoms with Crippen LogP contribution in [0.2, 0.25) is 5.02 Å². The highest BCUT2D eigenvalue weighted by Gasteiger charge is 2.24. The van der Waals surface area contributed by atoms with E-state index in [0.717, 1.165) is 27.8 Å². The molecule has 164 valence electrons. The van der Waals surface area contributed by atoms with Crippen molar-refractivity contribution in [1.29, 1.82) is 0 Å². The molecule has 33 heavy (non-hydrogen) atoms. The lowest BCUT2D eigenvalue weighted by Gasteiger charge is -2.19. The van der Waals surface area contributed by atoms with Crippen LogP contribution in [0.4, 0.5) is 5.13 Å². The summed E-state index contributed by atoms with van der Waals surface area (Å²) in [5.41, 5.74) is 4.82. The van der Waals surface area contributed by atoms with Crippen molar-refractivity contribution < 1.29 is 9.21 Å². The molecule has 0 N–H and O–H groups in total. The molecule has 1 amide bonds. The van der Waals surface area contributed by atoms with E-state index in [2.05, 4.69) is 12.1 Å². The maximum absolute atomic E-state index is 13.6. The SMILES string of the molecule is Cc1ccc(Cl)c2sc(N(Cc3ccco3)C(=O)c3ccc(Cc4ccccc4)cc3)nc12. The minimum atomic E-state index is -0.134. The molecule has 0 unspecified atom stereocenters. The molecule has 0 radical (unpaired) electrons. The first-order valence-corrected chi connectivity index (χ1v) is 11.8. The molecular weight excluding hydrogens is 452 g/mol. The molecule has 4 nitrogen and oxygen atoms in total. The highest BCUT2D eigenvalue weighted by molar-refractivity contribution is 7.23. The van der Waals surface area contributed by atoms with Gasteiger partial charge < -0.3 is 4.42 Å². The molecule has 3 aromatic carbocycles. The first kappa shape index (κ1) is 21.4. The second kappa shape index (κ2) is 9.22. The van der Waals surface area contributed by atoms with Crippen LogP contribution in [-0.2, 0) is 13.0 Å². The summed E-state index contributed by atoms with van der Waals surface area (Å²) in [5.74, 6) is 0.552. The Morgan fingerprint density at radius 3 is 2.42 bits per heavy atom. The largest absolute Gasteiger partial charge is 0.467 e. The molecule has 0 atom stereocenters. The monoisotopic (exact) mass is 472 g/mol. The van der Waals surface area contributed by atoms with Gasteiger partial charge in [0.2, 0.25) is 0 Å². The van der Waals surface area contributed by atoms with Crippen LogP contribution in [0.5, 0.6) is 0 Å². The van der Waals surface area contributed by atoms with Crippen molar-refractivity contribution in [3.05, 3.63) is 118 Å². The zero-order chi connectivity index (χ0) is 22.8. The van der Waals surface area contributed by atoms with E-state index in [1.54, 1.807) is 11.2 Å². The fourth-order valence-corrected chi connectivity index (χ4v) is 5.06. The van der Waals surface area contributed by atoms with E-state index >= 15 is 0 Å². The summed E-state index contributed by atoms with van der Waals surface area (Å²) >= 11 is 7.84. The van der Waals surface area contributed by atoms with Gasteiger partial charge in [-0.1, -0.05) is 71.5 Å². The lowest BCUT2D eigenvalue weighted by molar-refractivity contribution is 0.0983. The predicted molar refractivity (Wildman–Crippen MR) is 134 cm³/mol. The number of thiazole rings is 1. The summed E-state index contributed by atoms with van der Waals surface area (Å²) in [7, 11) is 0. The number of hydrogen-bond donors (Lipinski definition) is 0. The smallest absolute Gasteiger partial charge is 0.260 e. The number of anilines is 1. The van der Waals surface area contributed by atoms with Gasteiger partial charge in [0.1, 0.15) is 5.76 Å². The van der Waals surface area contributed by atoms with Gasteiger partial charge in [0.15, 0.2) is 5.13 Å². The highest BCUT2D eigenvalue weighted by Crippen LogP contribution is 2.36. The third-order valence-electron chi connectivity index (χ3n) is 5.51. The number of halogens is 1. The zero-order valence-electron chi connectivity index (χ0n) is 18.0. The molecule has 5 rings (SSSR count). The van der Waals surface area contributed by atoms with Crippen LogP contribution in [0.3, 0.4) is 0 Å². The van der Waals surface area contributed by atoms with Gasteiger partial charge in [-0.2, -0.15) is 0 Å². The minimum Gasteiger partial charge on any atom is -0.467 e. The molecule has 0 saturated carbocycles. The number of aromatic nitrogens is 1. The van der Waals surface area contributed by atoms with Crippen LogP contribution in [0, 0.1) is 6.92 Å². The molecule has 0 aliphatic heterocycles. The van der Waals surface area contributed by atoms with Crippen LogP contribution in [0.25, 0.3) is 10.2 Å². The minimum absolute atomic E-state index is 0.134. The Morgan fingerprint density at radius 2 is 1.73 bits per heavy atom. The van der Waals surface area contributed by atoms with Crippen LogP contribution >= 0.6 is 22.9 Å². The number of rotatable bonds is 6. The summed E-state index contributed by atoms with van der Waals surface area (Å²) in [6.45, 7) is 2.28. The second-order valence-electron chi connectivity index (χ2n) is 7.87. The highest BCUT2D eigenvalue weighted by atomic mass is 35.5. The summed E-state index contributed by atoms with van der Waals surface area (Å²) in [6.07, 6.45) is 2.43. The number of carbonyl (C=O) groups is 1. The van der Waals surface area contributed by atoms with E-state index in [9.17, 15) is 4.79 Å². The van der Waals surface area contributed by atoms with Crippen molar-refractivity contribution >= 4 is 44.2 Å². The molecule has 5 aromatic rings. The van der Waals surface area contributed by atoms with Crippen molar-refractivity contribution in [2.24, 2.45) is 0 Å². The third kappa shape index (κ3) is 4.56. The lowest BCUT2D eigenvalue weighted by atomic mass is 10.0. The number of carbonyl (C=O) groups excluding carboxylic acids is 1. The number of furan rings is 1. The van der Waals surface area contributed by atoms with Gasteiger partial charge in [0.25, 0.3) is 5.91 Å². The van der Waals surface area contributed by atoms with Gasteiger partial charge in [0.05, 0.1) is 28.0 Å². The number of amides is 1. The molecule has 6 heteroatoms. The molecule has 0 aliphatic carbocycles. The molecule has 0 saturated heterocycles. The molecule has 2 aromatic heterocycles. The summed E-state index contributed by atoms with van der Waals surface area (Å²) < 4.78 is 6.41. The van der Waals surface area contributed by atoms with Gasteiger partial charge in [-0.05, 0) is 60.4 Å². The molecule has 0 fully saturated rings. The van der Waals surface area contributed by atoms with Crippen molar-refractivity contribution in [2.75, 3.05) is 4.90 Å². The van der Waals surface area contributed by atoms with Crippen LogP contribution in [-0.4, -0.2) is 10.9 Å². The normalized spacial score (nSPS) is 11.1. The predicted octanol–water partition coefficient (Wildman–Crippen LogP) is 7.29. The Kier molecular flexibility index (Phi) is 5.99. The summed E-state index contributed by atoms with van der Waals surface area (Å²) in [4.78, 5) is 20.0. The topological polar surface area (TPSA) is 46.3 Å². The van der Waals surface area contributed by atoms with Gasteiger partial charge in [-0.25, -0.2) is 4.98 Å². The van der Waals surface area contributed by atoms with E-state index in [1.807, 2.05) is 73.7 Å². The summed E-state index contributed by atoms with van der Waals surface area (Å²) in [5, 5.41) is 1.23. The molecule has 2 heterocycles. The first-order valence-electron chi connectivity index (χ1n) is 10.6. The Balaban J connectivity index is 1.47. The van der Waals surface area contributed by atoms with Gasteiger partial charge in [0, 0.05) is 5.56 Å². The number of nitrogens with zero attached hydrogens (tertiary/aromatic N) is 2. The fraction of sp³-hybridized carbons (Fsp3) is 0.111. The molecule has 0 spiro atoms. The Hall–Kier alpha value is -3.41. The number of hydrogen-bond acceptors (Lipinski definition) is 4. The third-order valence-corrected chi connectivity index (χ3v) is 7.05. The average molecular weight is 473 g/mol. The van der Waals surface area contributed by atoms with Crippen LogP contribution in [0.15, 0.2) is 89.5 Å². The Labute approximate surface area is 201 Å². The average Bonchev–Trinajstić information content (AvgIpc) is 3.51. The standard InChI is InChI=1S/C27H21ClN2O2S/c1-18-9-14-23(28)25-24(18)29-27(33-25)30(17-22-8-5-15-32-22)26(31)21-12-10-20(11-13-21)16-19-6-3-2-4-7-19/h2-15H,16-17H2,1H3. The van der Waals surface area contributed by atoms with Crippen LogP contribution in [0.1, 0.15) is 32.8 Å². The van der Waals surface area contributed by atoms with Crippen molar-refractivity contribution in [3.63, 3.8) is 0 Å². The Bertz CT molecular complexity index is 1350. The van der Waals surface area contributed by atoms with Gasteiger partial charge >= 0.3 is 0 Å². The van der Waals surface area contributed by atoms with E-state index < -0.39 is 0 Å². The van der Waals surface area contributed by atoms with Crippen molar-refractivity contribution in [1.82, 2.24) is 4.98 Å². The summed E-state index contributed by atoms with van der Waals surface area (Å²) in [6, 6.07) is 25.5. The molecule has 0 aliphatic rings. The van der Waals surface area contributed by atoms with E-state index in [4.69, 9.17) is 21.0 Å². The zero-order valence-corrected chi connectivity index (χ0v) is 19.6. The van der Waals surface area contributed by atoms with E-state index in [0.29, 0.717) is 21.5 Å². The second-order valence-corrected chi connectivity index (χ2v) is 9.25. The quantitative estimate of drug-likeness (QED) is 0.260. The van der Waals surface area contributed by atoms with Crippen molar-refractivity contribution in [2.45, 2.75) is 19.9 Å². The Morgan fingerprint density at radius 1 is 0.970 bits per heavy atom. The van der Waals surface area contributed by atoms with Crippen molar-refractivity contribution in [3.8, 4) is 0 Å². The maximum Gasteiger partial charge on any atom is 0.260 e. The maximum atomic E-state index is 13.6. The van der Waals surface area contributed by atoms with E-state index in [-0.39, 0.29) is 12.5 Å². The lowest BCUT2D eigenvalue weighted by Crippen LogP contribution is -2.30. The number of benzene rings is 3. The fourth-order valence-electron chi connectivity index (χ4n) is 3.74. The number of fused-ring (bicyclic) bond motifs is 1. The number of aryl methyl sites for hydroxylation is 1. The van der Waals surface area contributed by atoms with Crippen LogP contribution < -0.4 is 4.90 Å². The van der Waals surface area contributed by atoms with Gasteiger partial charge in [-0.3, -0.25) is 9.69 Å². The molecule has 0 bridgehead atoms. The molecular formula is C27H21ClN2O2S. The van der Waals surface area contributed by atoms with Gasteiger partial charge in [-0.15, -0.1) is 0 Å². The van der Waals surface area contributed by atoms with E-state index in [1.165, 1.54) is 16.9 Å². The first-order chi connectivity index (χ1) is 16.1.